The predicted octanol–water partition coefficient (Wildman–Crippen LogP) is 4.09. The van der Waals surface area contributed by atoms with E-state index < -0.39 is 23.2 Å². The molecule has 2 aromatic carbocycles. The van der Waals surface area contributed by atoms with Crippen molar-refractivity contribution in [1.29, 1.82) is 0 Å². The first kappa shape index (κ1) is 19.3. The lowest BCUT2D eigenvalue weighted by atomic mass is 10.1. The number of para-hydroxylation sites is 1. The van der Waals surface area contributed by atoms with E-state index in [9.17, 15) is 18.4 Å². The van der Waals surface area contributed by atoms with Gasteiger partial charge in [0.1, 0.15) is 29.5 Å². The van der Waals surface area contributed by atoms with Crippen molar-refractivity contribution < 1.29 is 32.0 Å². The molecule has 4 aromatic rings. The maximum absolute atomic E-state index is 13.8. The molecule has 0 amide bonds. The third-order valence-corrected chi connectivity index (χ3v) is 4.27. The van der Waals surface area contributed by atoms with Crippen molar-refractivity contribution in [2.45, 2.75) is 6.61 Å². The monoisotopic (exact) mass is 413 g/mol. The first-order valence-corrected chi connectivity index (χ1v) is 8.65. The Labute approximate surface area is 167 Å². The molecule has 0 aliphatic heterocycles. The summed E-state index contributed by atoms with van der Waals surface area (Å²) < 4.78 is 47.3. The van der Waals surface area contributed by atoms with Gasteiger partial charge in [0, 0.05) is 17.5 Å². The number of rotatable bonds is 5. The number of hydrogen-bond acceptors (Lipinski definition) is 7. The van der Waals surface area contributed by atoms with Crippen molar-refractivity contribution in [3.8, 4) is 17.1 Å². The fourth-order valence-electron chi connectivity index (χ4n) is 2.83. The number of carbonyl (C=O) groups is 1. The number of halogens is 2. The molecule has 0 aliphatic carbocycles. The van der Waals surface area contributed by atoms with Gasteiger partial charge < -0.3 is 18.4 Å². The fourth-order valence-corrected chi connectivity index (χ4v) is 2.83. The molecule has 30 heavy (non-hydrogen) atoms. The summed E-state index contributed by atoms with van der Waals surface area (Å²) in [6.07, 6.45) is 0. The molecule has 0 saturated heterocycles. The third kappa shape index (κ3) is 3.64. The summed E-state index contributed by atoms with van der Waals surface area (Å²) in [7, 11) is 1.43. The fraction of sp³-hybridized carbons (Fsp3) is 0.0952. The molecule has 0 radical (unpaired) electrons. The highest BCUT2D eigenvalue weighted by Crippen LogP contribution is 2.26. The molecule has 0 unspecified atom stereocenters. The zero-order valence-electron chi connectivity index (χ0n) is 15.5. The van der Waals surface area contributed by atoms with Gasteiger partial charge in [-0.25, -0.2) is 18.4 Å². The predicted molar refractivity (Wildman–Crippen MR) is 100 cm³/mol. The van der Waals surface area contributed by atoms with Crippen LogP contribution in [0, 0.1) is 11.6 Å². The Morgan fingerprint density at radius 2 is 1.97 bits per heavy atom. The molecule has 152 valence electrons. The van der Waals surface area contributed by atoms with Crippen molar-refractivity contribution in [3.05, 3.63) is 81.8 Å². The number of fused-ring (bicyclic) bond motifs is 1. The van der Waals surface area contributed by atoms with Crippen LogP contribution in [0.4, 0.5) is 8.78 Å². The average molecular weight is 413 g/mol. The van der Waals surface area contributed by atoms with E-state index in [0.717, 1.165) is 6.07 Å². The van der Waals surface area contributed by atoms with Crippen molar-refractivity contribution in [3.63, 3.8) is 0 Å². The molecule has 0 aliphatic rings. The Bertz CT molecular complexity index is 1310. The minimum atomic E-state index is -0.925. The summed E-state index contributed by atoms with van der Waals surface area (Å²) in [6.45, 7) is -0.333. The number of aromatic nitrogens is 1. The quantitative estimate of drug-likeness (QED) is 0.359. The summed E-state index contributed by atoms with van der Waals surface area (Å²) in [6, 6.07) is 10.6. The zero-order valence-corrected chi connectivity index (χ0v) is 15.5. The number of benzene rings is 2. The van der Waals surface area contributed by atoms with Crippen LogP contribution in [0.15, 0.2) is 62.3 Å². The number of esters is 1. The Balaban J connectivity index is 1.52. The summed E-state index contributed by atoms with van der Waals surface area (Å²) in [4.78, 5) is 24.5. The average Bonchev–Trinajstić information content (AvgIpc) is 3.19. The molecule has 0 spiro atoms. The number of ether oxygens (including phenoxy) is 2. The van der Waals surface area contributed by atoms with Gasteiger partial charge in [-0.3, -0.25) is 0 Å². The molecule has 0 fully saturated rings. The van der Waals surface area contributed by atoms with Crippen LogP contribution in [0.1, 0.15) is 16.1 Å². The molecule has 4 rings (SSSR count). The highest BCUT2D eigenvalue weighted by atomic mass is 19.1. The molecule has 0 N–H and O–H groups in total. The van der Waals surface area contributed by atoms with Crippen LogP contribution in [0.25, 0.3) is 22.3 Å². The first-order chi connectivity index (χ1) is 14.5. The number of hydrogen-bond donors (Lipinski definition) is 0. The van der Waals surface area contributed by atoms with Crippen LogP contribution >= 0.6 is 0 Å². The topological polar surface area (TPSA) is 91.8 Å². The zero-order chi connectivity index (χ0) is 21.3. The minimum absolute atomic E-state index is 0.00518. The van der Waals surface area contributed by atoms with Gasteiger partial charge in [0.2, 0.25) is 0 Å². The van der Waals surface area contributed by atoms with Crippen molar-refractivity contribution in [2.75, 3.05) is 7.11 Å². The standard InChI is InChI=1S/C21H13F2NO6/c1-27-17-4-2-3-11-7-15(21(26)29-19(11)17)20(25)28-10-13-9-18(30-24-13)14-6-5-12(22)8-16(14)23/h2-9H,10H2,1H3. The van der Waals surface area contributed by atoms with Crippen LogP contribution in [-0.2, 0) is 11.3 Å². The van der Waals surface area contributed by atoms with Gasteiger partial charge in [0.25, 0.3) is 0 Å². The Morgan fingerprint density at radius 3 is 2.73 bits per heavy atom. The van der Waals surface area contributed by atoms with Gasteiger partial charge in [-0.05, 0) is 24.3 Å². The van der Waals surface area contributed by atoms with Gasteiger partial charge in [0.15, 0.2) is 17.1 Å². The van der Waals surface area contributed by atoms with Crippen LogP contribution < -0.4 is 10.4 Å². The molecule has 2 heterocycles. The normalized spacial score (nSPS) is 10.9. The third-order valence-electron chi connectivity index (χ3n) is 4.27. The Hall–Kier alpha value is -4.01. The van der Waals surface area contributed by atoms with Crippen molar-refractivity contribution >= 4 is 16.9 Å². The number of nitrogens with zero attached hydrogens (tertiary/aromatic N) is 1. The molecular formula is C21H13F2NO6. The van der Waals surface area contributed by atoms with Gasteiger partial charge >= 0.3 is 11.6 Å². The van der Waals surface area contributed by atoms with Crippen LogP contribution in [0.5, 0.6) is 5.75 Å². The van der Waals surface area contributed by atoms with E-state index in [2.05, 4.69) is 5.16 Å². The van der Waals surface area contributed by atoms with Crippen molar-refractivity contribution in [1.82, 2.24) is 5.16 Å². The van der Waals surface area contributed by atoms with E-state index in [1.807, 2.05) is 0 Å². The van der Waals surface area contributed by atoms with E-state index in [4.69, 9.17) is 18.4 Å². The summed E-state index contributed by atoms with van der Waals surface area (Å²) >= 11 is 0. The van der Waals surface area contributed by atoms with Gasteiger partial charge in [0.05, 0.1) is 12.7 Å². The second kappa shape index (κ2) is 7.78. The largest absolute Gasteiger partial charge is 0.493 e. The SMILES string of the molecule is COc1cccc2cc(C(=O)OCc3cc(-c4ccc(F)cc4F)on3)c(=O)oc12. The smallest absolute Gasteiger partial charge is 0.351 e. The molecule has 0 bridgehead atoms. The Kier molecular flexibility index (Phi) is 5.01. The molecule has 9 heteroatoms. The van der Waals surface area contributed by atoms with E-state index in [-0.39, 0.29) is 34.8 Å². The second-order valence-corrected chi connectivity index (χ2v) is 6.21. The van der Waals surface area contributed by atoms with Crippen LogP contribution in [0.2, 0.25) is 0 Å². The van der Waals surface area contributed by atoms with Crippen LogP contribution in [-0.4, -0.2) is 18.2 Å². The van der Waals surface area contributed by atoms with Crippen LogP contribution in [0.3, 0.4) is 0 Å². The lowest BCUT2D eigenvalue weighted by Gasteiger charge is -2.05. The summed E-state index contributed by atoms with van der Waals surface area (Å²) in [5.74, 6) is -2.08. The molecule has 7 nitrogen and oxygen atoms in total. The summed E-state index contributed by atoms with van der Waals surface area (Å²) in [5, 5.41) is 4.17. The minimum Gasteiger partial charge on any atom is -0.493 e. The maximum Gasteiger partial charge on any atom is 0.351 e. The Morgan fingerprint density at radius 1 is 1.13 bits per heavy atom. The highest BCUT2D eigenvalue weighted by Gasteiger charge is 2.18. The molecular weight excluding hydrogens is 400 g/mol. The molecule has 0 atom stereocenters. The first-order valence-electron chi connectivity index (χ1n) is 8.65. The maximum atomic E-state index is 13.8. The van der Waals surface area contributed by atoms with E-state index >= 15 is 0 Å². The lowest BCUT2D eigenvalue weighted by Crippen LogP contribution is -2.16. The van der Waals surface area contributed by atoms with Crippen molar-refractivity contribution in [2.24, 2.45) is 0 Å². The summed E-state index contributed by atoms with van der Waals surface area (Å²) in [5.41, 5.74) is -0.793. The van der Waals surface area contributed by atoms with Gasteiger partial charge in [-0.1, -0.05) is 17.3 Å². The van der Waals surface area contributed by atoms with E-state index in [0.29, 0.717) is 17.2 Å². The lowest BCUT2D eigenvalue weighted by molar-refractivity contribution is 0.0459. The highest BCUT2D eigenvalue weighted by molar-refractivity contribution is 5.94. The molecule has 0 saturated carbocycles. The van der Waals surface area contributed by atoms with E-state index in [1.165, 1.54) is 25.3 Å². The van der Waals surface area contributed by atoms with Gasteiger partial charge in [-0.15, -0.1) is 0 Å². The van der Waals surface area contributed by atoms with E-state index in [1.54, 1.807) is 18.2 Å². The molecule has 2 aromatic heterocycles. The van der Waals surface area contributed by atoms with Gasteiger partial charge in [-0.2, -0.15) is 0 Å². The number of methoxy groups -OCH3 is 1. The second-order valence-electron chi connectivity index (χ2n) is 6.21. The number of carbonyl (C=O) groups excluding carboxylic acids is 1.